The molecule has 1 N–H and O–H groups in total. The Morgan fingerprint density at radius 3 is 2.47 bits per heavy atom. The third-order valence-corrected chi connectivity index (χ3v) is 4.40. The monoisotopic (exact) mass is 284 g/mol. The van der Waals surface area contributed by atoms with Gasteiger partial charge in [0.25, 0.3) is 10.0 Å². The average Bonchev–Trinajstić information content (AvgIpc) is 2.40. The Labute approximate surface area is 112 Å². The summed E-state index contributed by atoms with van der Waals surface area (Å²) in [5, 5.41) is 2.58. The Balaban J connectivity index is 2.18. The minimum Gasteiger partial charge on any atom is -0.326 e. The summed E-state index contributed by atoms with van der Waals surface area (Å²) < 4.78 is 25.5. The van der Waals surface area contributed by atoms with E-state index in [0.717, 1.165) is 17.3 Å². The van der Waals surface area contributed by atoms with E-state index in [1.165, 1.54) is 19.1 Å². The van der Waals surface area contributed by atoms with Gasteiger partial charge in [-0.05, 0) is 37.1 Å². The Kier molecular flexibility index (Phi) is 4.18. The van der Waals surface area contributed by atoms with Crippen molar-refractivity contribution in [3.05, 3.63) is 24.3 Å². The van der Waals surface area contributed by atoms with Gasteiger partial charge in [0.15, 0.2) is 0 Å². The number of amides is 1. The number of carbonyl (C=O) groups is 1. The van der Waals surface area contributed by atoms with E-state index in [2.05, 4.69) is 5.32 Å². The van der Waals surface area contributed by atoms with Crippen molar-refractivity contribution in [2.45, 2.75) is 24.7 Å². The fourth-order valence-electron chi connectivity index (χ4n) is 1.79. The summed E-state index contributed by atoms with van der Waals surface area (Å²) in [7, 11) is -3.61. The van der Waals surface area contributed by atoms with Crippen LogP contribution in [-0.2, 0) is 19.7 Å². The van der Waals surface area contributed by atoms with Crippen molar-refractivity contribution in [2.75, 3.05) is 18.5 Å². The molecule has 1 aromatic carbocycles. The molecule has 1 fully saturated rings. The first-order valence-electron chi connectivity index (χ1n) is 6.03. The average molecular weight is 284 g/mol. The molecule has 0 radical (unpaired) electrons. The van der Waals surface area contributed by atoms with Gasteiger partial charge in [-0.3, -0.25) is 9.63 Å². The van der Waals surface area contributed by atoms with Crippen molar-refractivity contribution in [1.29, 1.82) is 0 Å². The predicted molar refractivity (Wildman–Crippen MR) is 69.8 cm³/mol. The molecule has 1 aromatic rings. The molecule has 1 aliphatic heterocycles. The Morgan fingerprint density at radius 2 is 1.95 bits per heavy atom. The lowest BCUT2D eigenvalue weighted by Gasteiger charge is -2.25. The number of anilines is 1. The van der Waals surface area contributed by atoms with Gasteiger partial charge in [-0.2, -0.15) is 0 Å². The van der Waals surface area contributed by atoms with Crippen LogP contribution in [-0.4, -0.2) is 31.9 Å². The maximum absolute atomic E-state index is 12.2. The number of nitrogens with zero attached hydrogens (tertiary/aromatic N) is 1. The lowest BCUT2D eigenvalue weighted by atomic mass is 10.3. The zero-order chi connectivity index (χ0) is 13.9. The van der Waals surface area contributed by atoms with Gasteiger partial charge in [-0.15, -0.1) is 0 Å². The predicted octanol–water partition coefficient (Wildman–Crippen LogP) is 1.36. The number of nitrogens with one attached hydrogen (secondary N) is 1. The van der Waals surface area contributed by atoms with Crippen LogP contribution in [0, 0.1) is 0 Å². The second-order valence-corrected chi connectivity index (χ2v) is 6.11. The standard InChI is InChI=1S/C12H16N2O4S/c1-10(15)13-11-4-6-12(7-5-11)19(16,17)14-8-2-3-9-18-14/h4-7H,2-3,8-9H2,1H3,(H,13,15). The third kappa shape index (κ3) is 3.31. The quantitative estimate of drug-likeness (QED) is 0.909. The fourth-order valence-corrected chi connectivity index (χ4v) is 3.09. The van der Waals surface area contributed by atoms with Crippen LogP contribution in [0.25, 0.3) is 0 Å². The van der Waals surface area contributed by atoms with Gasteiger partial charge in [-0.1, -0.05) is 4.47 Å². The molecule has 0 aliphatic carbocycles. The zero-order valence-electron chi connectivity index (χ0n) is 10.6. The zero-order valence-corrected chi connectivity index (χ0v) is 11.4. The minimum absolute atomic E-state index is 0.156. The summed E-state index contributed by atoms with van der Waals surface area (Å²) in [6.45, 7) is 2.19. The second-order valence-electron chi connectivity index (χ2n) is 4.28. The molecule has 6 nitrogen and oxygen atoms in total. The van der Waals surface area contributed by atoms with E-state index >= 15 is 0 Å². The Morgan fingerprint density at radius 1 is 1.26 bits per heavy atom. The first-order chi connectivity index (χ1) is 9.00. The first kappa shape index (κ1) is 14.0. The van der Waals surface area contributed by atoms with Gasteiger partial charge in [-0.25, -0.2) is 8.42 Å². The summed E-state index contributed by atoms with van der Waals surface area (Å²) >= 11 is 0. The van der Waals surface area contributed by atoms with Crippen LogP contribution in [0.5, 0.6) is 0 Å². The van der Waals surface area contributed by atoms with Crippen LogP contribution >= 0.6 is 0 Å². The van der Waals surface area contributed by atoms with Gasteiger partial charge in [0.1, 0.15) is 0 Å². The first-order valence-corrected chi connectivity index (χ1v) is 7.47. The van der Waals surface area contributed by atoms with Crippen molar-refractivity contribution in [2.24, 2.45) is 0 Å². The summed E-state index contributed by atoms with van der Waals surface area (Å²) in [6.07, 6.45) is 1.66. The topological polar surface area (TPSA) is 75.7 Å². The largest absolute Gasteiger partial charge is 0.326 e. The molecule has 0 spiro atoms. The normalized spacial score (nSPS) is 17.1. The minimum atomic E-state index is -3.61. The van der Waals surface area contributed by atoms with Gasteiger partial charge >= 0.3 is 0 Å². The Hall–Kier alpha value is -1.44. The molecule has 1 amide bonds. The molecule has 1 saturated heterocycles. The lowest BCUT2D eigenvalue weighted by molar-refractivity contribution is -0.114. The van der Waals surface area contributed by atoms with E-state index in [9.17, 15) is 13.2 Å². The molecular formula is C12H16N2O4S. The number of benzene rings is 1. The molecule has 0 bridgehead atoms. The van der Waals surface area contributed by atoms with E-state index < -0.39 is 10.0 Å². The number of sulfonamides is 1. The highest BCUT2D eigenvalue weighted by Gasteiger charge is 2.27. The molecule has 0 saturated carbocycles. The SMILES string of the molecule is CC(=O)Nc1ccc(S(=O)(=O)N2CCCCO2)cc1. The molecule has 7 heteroatoms. The van der Waals surface area contributed by atoms with Crippen molar-refractivity contribution >= 4 is 21.6 Å². The van der Waals surface area contributed by atoms with E-state index in [4.69, 9.17) is 4.84 Å². The molecule has 19 heavy (non-hydrogen) atoms. The number of hydrogen-bond acceptors (Lipinski definition) is 4. The van der Waals surface area contributed by atoms with Gasteiger partial charge < -0.3 is 5.32 Å². The number of rotatable bonds is 3. The summed E-state index contributed by atoms with van der Waals surface area (Å²) in [5.74, 6) is -0.199. The van der Waals surface area contributed by atoms with E-state index in [-0.39, 0.29) is 10.8 Å². The third-order valence-electron chi connectivity index (χ3n) is 2.71. The second kappa shape index (κ2) is 5.68. The number of hydroxylamine groups is 1. The van der Waals surface area contributed by atoms with Gasteiger partial charge in [0.2, 0.25) is 5.91 Å². The van der Waals surface area contributed by atoms with Gasteiger partial charge in [0.05, 0.1) is 11.5 Å². The summed E-state index contributed by atoms with van der Waals surface area (Å²) in [5.41, 5.74) is 0.561. The highest BCUT2D eigenvalue weighted by Crippen LogP contribution is 2.21. The van der Waals surface area contributed by atoms with E-state index in [1.807, 2.05) is 0 Å². The molecule has 0 aromatic heterocycles. The van der Waals surface area contributed by atoms with E-state index in [0.29, 0.717) is 18.8 Å². The molecule has 104 valence electrons. The fraction of sp³-hybridized carbons (Fsp3) is 0.417. The maximum atomic E-state index is 12.2. The smallest absolute Gasteiger partial charge is 0.265 e. The number of carbonyl (C=O) groups excluding carboxylic acids is 1. The van der Waals surface area contributed by atoms with E-state index in [1.54, 1.807) is 12.1 Å². The van der Waals surface area contributed by atoms with Crippen LogP contribution in [0.1, 0.15) is 19.8 Å². The van der Waals surface area contributed by atoms with Crippen molar-refractivity contribution in [3.8, 4) is 0 Å². The van der Waals surface area contributed by atoms with Crippen LogP contribution in [0.4, 0.5) is 5.69 Å². The molecule has 1 aliphatic rings. The lowest BCUT2D eigenvalue weighted by Crippen LogP contribution is -2.35. The highest BCUT2D eigenvalue weighted by atomic mass is 32.2. The number of hydrogen-bond donors (Lipinski definition) is 1. The van der Waals surface area contributed by atoms with Crippen LogP contribution in [0.3, 0.4) is 0 Å². The highest BCUT2D eigenvalue weighted by molar-refractivity contribution is 7.89. The summed E-state index contributed by atoms with van der Waals surface area (Å²) in [6, 6.07) is 6.02. The molecule has 2 rings (SSSR count). The van der Waals surface area contributed by atoms with Crippen molar-refractivity contribution in [1.82, 2.24) is 4.47 Å². The van der Waals surface area contributed by atoms with Crippen LogP contribution in [0.2, 0.25) is 0 Å². The molecular weight excluding hydrogens is 268 g/mol. The maximum Gasteiger partial charge on any atom is 0.265 e. The molecule has 0 atom stereocenters. The molecule has 0 unspecified atom stereocenters. The van der Waals surface area contributed by atoms with Crippen LogP contribution in [0.15, 0.2) is 29.2 Å². The Bertz CT molecular complexity index is 548. The van der Waals surface area contributed by atoms with Gasteiger partial charge in [0, 0.05) is 19.2 Å². The summed E-state index contributed by atoms with van der Waals surface area (Å²) in [4.78, 5) is 16.2. The van der Waals surface area contributed by atoms with Crippen molar-refractivity contribution < 1.29 is 18.0 Å². The molecule has 1 heterocycles. The van der Waals surface area contributed by atoms with Crippen LogP contribution < -0.4 is 5.32 Å². The van der Waals surface area contributed by atoms with Crippen molar-refractivity contribution in [3.63, 3.8) is 0 Å².